The molecule has 5 nitrogen and oxygen atoms in total. The second-order valence-corrected chi connectivity index (χ2v) is 4.25. The summed E-state index contributed by atoms with van der Waals surface area (Å²) in [6, 6.07) is 2.01. The molecule has 16 heavy (non-hydrogen) atoms. The number of rotatable bonds is 1. The molecule has 2 aromatic rings. The van der Waals surface area contributed by atoms with Gasteiger partial charge in [-0.15, -0.1) is 0 Å². The van der Waals surface area contributed by atoms with Gasteiger partial charge in [0, 0.05) is 6.20 Å². The highest BCUT2D eigenvalue weighted by Gasteiger charge is 2.26. The van der Waals surface area contributed by atoms with Gasteiger partial charge in [0.05, 0.1) is 17.7 Å². The lowest BCUT2D eigenvalue weighted by molar-refractivity contribution is 0.160. The number of fused-ring (bicyclic) bond motifs is 1. The number of hydrogen-bond acceptors (Lipinski definition) is 4. The zero-order chi connectivity index (χ0) is 11.1. The Hall–Kier alpha value is -1.46. The molecule has 0 bridgehead atoms. The predicted molar refractivity (Wildman–Crippen MR) is 60.0 cm³/mol. The highest BCUT2D eigenvalue weighted by molar-refractivity contribution is 5.71. The third kappa shape index (κ3) is 1.48. The van der Waals surface area contributed by atoms with E-state index >= 15 is 0 Å². The molecular weight excluding hydrogens is 204 g/mol. The van der Waals surface area contributed by atoms with Gasteiger partial charge in [0.2, 0.25) is 0 Å². The zero-order valence-corrected chi connectivity index (χ0v) is 9.07. The molecule has 0 amide bonds. The van der Waals surface area contributed by atoms with Crippen LogP contribution in [0.15, 0.2) is 12.3 Å². The Morgan fingerprint density at radius 3 is 3.12 bits per heavy atom. The van der Waals surface area contributed by atoms with Crippen LogP contribution in [-0.2, 0) is 0 Å². The van der Waals surface area contributed by atoms with E-state index < -0.39 is 0 Å². The lowest BCUT2D eigenvalue weighted by Crippen LogP contribution is -2.20. The van der Waals surface area contributed by atoms with Crippen molar-refractivity contribution in [1.29, 1.82) is 0 Å². The van der Waals surface area contributed by atoms with E-state index in [1.807, 2.05) is 13.0 Å². The molecule has 1 aliphatic rings. The quantitative estimate of drug-likeness (QED) is 0.657. The minimum Gasteiger partial charge on any atom is -0.391 e. The Morgan fingerprint density at radius 1 is 1.50 bits per heavy atom. The van der Waals surface area contributed by atoms with Crippen LogP contribution in [0.2, 0.25) is 0 Å². The van der Waals surface area contributed by atoms with Crippen LogP contribution in [-0.4, -0.2) is 32.7 Å². The summed E-state index contributed by atoms with van der Waals surface area (Å²) in [5.74, 6) is 0.861. The number of aliphatic hydroxyl groups is 1. The summed E-state index contributed by atoms with van der Waals surface area (Å²) in [5, 5.41) is 13.1. The maximum Gasteiger partial charge on any atom is 0.177 e. The molecule has 2 aromatic heterocycles. The lowest BCUT2D eigenvalue weighted by atomic mass is 10.1. The average molecular weight is 218 g/mol. The smallest absolute Gasteiger partial charge is 0.177 e. The molecule has 0 aliphatic carbocycles. The second kappa shape index (κ2) is 3.54. The van der Waals surface area contributed by atoms with Crippen molar-refractivity contribution >= 4 is 11.2 Å². The first-order valence-electron chi connectivity index (χ1n) is 5.48. The number of aliphatic hydroxyl groups excluding tert-OH is 1. The summed E-state index contributed by atoms with van der Waals surface area (Å²) in [7, 11) is 0. The molecule has 0 spiro atoms. The van der Waals surface area contributed by atoms with Crippen LogP contribution in [0.5, 0.6) is 0 Å². The number of H-pyrrole nitrogens is 1. The molecule has 0 aromatic carbocycles. The monoisotopic (exact) mass is 218 g/mol. The summed E-state index contributed by atoms with van der Waals surface area (Å²) < 4.78 is 0. The Labute approximate surface area is 92.9 Å². The third-order valence-corrected chi connectivity index (χ3v) is 3.03. The van der Waals surface area contributed by atoms with Gasteiger partial charge in [0.15, 0.2) is 5.65 Å². The van der Waals surface area contributed by atoms with Crippen molar-refractivity contribution in [2.45, 2.75) is 25.5 Å². The van der Waals surface area contributed by atoms with Crippen LogP contribution in [0.4, 0.5) is 0 Å². The number of imidazole rings is 1. The number of aryl methyl sites for hydroxylation is 1. The van der Waals surface area contributed by atoms with Gasteiger partial charge < -0.3 is 15.4 Å². The largest absolute Gasteiger partial charge is 0.391 e. The van der Waals surface area contributed by atoms with Crippen molar-refractivity contribution in [3.8, 4) is 0 Å². The van der Waals surface area contributed by atoms with E-state index in [1.165, 1.54) is 0 Å². The molecule has 84 valence electrons. The van der Waals surface area contributed by atoms with Gasteiger partial charge in [-0.05, 0) is 31.5 Å². The van der Waals surface area contributed by atoms with E-state index in [9.17, 15) is 5.11 Å². The Morgan fingerprint density at radius 2 is 2.38 bits per heavy atom. The van der Waals surface area contributed by atoms with Gasteiger partial charge >= 0.3 is 0 Å². The fourth-order valence-electron chi connectivity index (χ4n) is 2.24. The molecule has 0 saturated carbocycles. The fourth-order valence-corrected chi connectivity index (χ4v) is 2.24. The molecule has 2 atom stereocenters. The van der Waals surface area contributed by atoms with Crippen LogP contribution < -0.4 is 5.32 Å². The van der Waals surface area contributed by atoms with Crippen LogP contribution >= 0.6 is 0 Å². The predicted octanol–water partition coefficient (Wildman–Crippen LogP) is 0.662. The van der Waals surface area contributed by atoms with Gasteiger partial charge in [-0.25, -0.2) is 9.97 Å². The van der Waals surface area contributed by atoms with Crippen LogP contribution in [0.25, 0.3) is 11.2 Å². The second-order valence-electron chi connectivity index (χ2n) is 4.25. The van der Waals surface area contributed by atoms with Crippen LogP contribution in [0, 0.1) is 6.92 Å². The SMILES string of the molecule is Cc1nc2ncc(C3NCCC3O)cc2[nH]1. The fraction of sp³-hybridized carbons (Fsp3) is 0.455. The van der Waals surface area contributed by atoms with Crippen molar-refractivity contribution in [3.63, 3.8) is 0 Å². The van der Waals surface area contributed by atoms with Crippen molar-refractivity contribution in [3.05, 3.63) is 23.7 Å². The van der Waals surface area contributed by atoms with Gasteiger partial charge in [-0.3, -0.25) is 0 Å². The van der Waals surface area contributed by atoms with E-state index in [0.717, 1.165) is 35.5 Å². The molecule has 3 heterocycles. The first-order chi connectivity index (χ1) is 7.74. The summed E-state index contributed by atoms with van der Waals surface area (Å²) in [6.07, 6.45) is 2.27. The van der Waals surface area contributed by atoms with E-state index in [4.69, 9.17) is 0 Å². The van der Waals surface area contributed by atoms with Gasteiger partial charge in [0.1, 0.15) is 5.82 Å². The van der Waals surface area contributed by atoms with Crippen molar-refractivity contribution in [1.82, 2.24) is 20.3 Å². The number of pyridine rings is 1. The highest BCUT2D eigenvalue weighted by Crippen LogP contribution is 2.24. The molecule has 5 heteroatoms. The Balaban J connectivity index is 2.04. The Kier molecular flexibility index (Phi) is 2.15. The van der Waals surface area contributed by atoms with Crippen molar-refractivity contribution in [2.24, 2.45) is 0 Å². The topological polar surface area (TPSA) is 73.8 Å². The molecule has 1 fully saturated rings. The maximum absolute atomic E-state index is 9.80. The molecule has 2 unspecified atom stereocenters. The van der Waals surface area contributed by atoms with Gasteiger partial charge in [0.25, 0.3) is 0 Å². The number of aromatic amines is 1. The molecule has 1 saturated heterocycles. The summed E-state index contributed by atoms with van der Waals surface area (Å²) >= 11 is 0. The summed E-state index contributed by atoms with van der Waals surface area (Å²) in [5.41, 5.74) is 2.67. The number of hydrogen-bond donors (Lipinski definition) is 3. The minimum absolute atomic E-state index is 0.000469. The van der Waals surface area contributed by atoms with Gasteiger partial charge in [-0.1, -0.05) is 0 Å². The van der Waals surface area contributed by atoms with E-state index in [0.29, 0.717) is 0 Å². The van der Waals surface area contributed by atoms with Crippen LogP contribution in [0.3, 0.4) is 0 Å². The molecule has 3 rings (SSSR count). The number of nitrogens with one attached hydrogen (secondary N) is 2. The minimum atomic E-state index is -0.316. The van der Waals surface area contributed by atoms with Crippen molar-refractivity contribution in [2.75, 3.05) is 6.54 Å². The molecule has 3 N–H and O–H groups in total. The molecule has 1 aliphatic heterocycles. The Bertz CT molecular complexity index is 522. The van der Waals surface area contributed by atoms with E-state index in [-0.39, 0.29) is 12.1 Å². The van der Waals surface area contributed by atoms with E-state index in [1.54, 1.807) is 6.20 Å². The first kappa shape index (κ1) is 9.74. The number of aromatic nitrogens is 3. The van der Waals surface area contributed by atoms with E-state index in [2.05, 4.69) is 20.3 Å². The lowest BCUT2D eigenvalue weighted by Gasteiger charge is -2.14. The highest BCUT2D eigenvalue weighted by atomic mass is 16.3. The first-order valence-corrected chi connectivity index (χ1v) is 5.48. The summed E-state index contributed by atoms with van der Waals surface area (Å²) in [6.45, 7) is 2.76. The standard InChI is InChI=1S/C11H14N4O/c1-6-14-8-4-7(5-13-11(8)15-6)10-9(16)2-3-12-10/h4-5,9-10,12,16H,2-3H2,1H3,(H,13,14,15). The average Bonchev–Trinajstić information content (AvgIpc) is 2.81. The molecule has 0 radical (unpaired) electrons. The van der Waals surface area contributed by atoms with Gasteiger partial charge in [-0.2, -0.15) is 0 Å². The van der Waals surface area contributed by atoms with Crippen molar-refractivity contribution < 1.29 is 5.11 Å². The third-order valence-electron chi connectivity index (χ3n) is 3.03. The maximum atomic E-state index is 9.80. The molecular formula is C11H14N4O. The normalized spacial score (nSPS) is 25.4. The number of nitrogens with zero attached hydrogens (tertiary/aromatic N) is 2. The van der Waals surface area contributed by atoms with Crippen LogP contribution in [0.1, 0.15) is 23.9 Å². The summed E-state index contributed by atoms with van der Waals surface area (Å²) in [4.78, 5) is 11.7. The zero-order valence-electron chi connectivity index (χ0n) is 9.07.